The van der Waals surface area contributed by atoms with E-state index in [0.717, 1.165) is 39.8 Å². The summed E-state index contributed by atoms with van der Waals surface area (Å²) in [6.07, 6.45) is 6.42. The summed E-state index contributed by atoms with van der Waals surface area (Å²) in [7, 11) is 1.78. The molecule has 2 nitrogen and oxygen atoms in total. The van der Waals surface area contributed by atoms with E-state index in [9.17, 15) is 9.18 Å². The van der Waals surface area contributed by atoms with Crippen LogP contribution in [-0.4, -0.2) is 13.1 Å². The first-order valence-corrected chi connectivity index (χ1v) is 11.8. The van der Waals surface area contributed by atoms with Crippen molar-refractivity contribution in [1.82, 2.24) is 0 Å². The van der Waals surface area contributed by atoms with Gasteiger partial charge in [-0.15, -0.1) is 0 Å². The largest absolute Gasteiger partial charge is 0.496 e. The van der Waals surface area contributed by atoms with Gasteiger partial charge in [-0.05, 0) is 108 Å². The molecule has 0 N–H and O–H groups in total. The van der Waals surface area contributed by atoms with Crippen molar-refractivity contribution in [3.8, 4) is 16.9 Å². The Labute approximate surface area is 189 Å². The zero-order valence-corrected chi connectivity index (χ0v) is 19.2. The van der Waals surface area contributed by atoms with Crippen LogP contribution in [0, 0.1) is 17.8 Å². The van der Waals surface area contributed by atoms with Gasteiger partial charge in [-0.1, -0.05) is 38.1 Å². The highest BCUT2D eigenvalue weighted by molar-refractivity contribution is 5.96. The fourth-order valence-corrected chi connectivity index (χ4v) is 6.88. The maximum atomic E-state index is 13.1. The molecule has 3 heteroatoms. The number of carbonyl (C=O) groups is 1. The fraction of sp³-hybridized carbons (Fsp3) is 0.414. The summed E-state index contributed by atoms with van der Waals surface area (Å²) in [6.45, 7) is 4.82. The lowest BCUT2D eigenvalue weighted by Crippen LogP contribution is -2.42. The van der Waals surface area contributed by atoms with Crippen molar-refractivity contribution in [1.29, 1.82) is 0 Å². The summed E-state index contributed by atoms with van der Waals surface area (Å²) >= 11 is 0. The minimum Gasteiger partial charge on any atom is -0.496 e. The topological polar surface area (TPSA) is 26.3 Å². The normalized spacial score (nSPS) is 27.3. The molecule has 2 aliphatic carbocycles. The molecule has 3 aromatic carbocycles. The van der Waals surface area contributed by atoms with Crippen LogP contribution < -0.4 is 4.74 Å². The smallest absolute Gasteiger partial charge is 0.332 e. The van der Waals surface area contributed by atoms with E-state index in [-0.39, 0.29) is 11.0 Å². The second-order valence-electron chi connectivity index (χ2n) is 10.4. The van der Waals surface area contributed by atoms with E-state index in [1.807, 2.05) is 12.1 Å². The Morgan fingerprint density at radius 1 is 0.875 bits per heavy atom. The van der Waals surface area contributed by atoms with Crippen molar-refractivity contribution in [3.63, 3.8) is 0 Å². The van der Waals surface area contributed by atoms with Crippen LogP contribution in [0.3, 0.4) is 0 Å². The van der Waals surface area contributed by atoms with E-state index >= 15 is 0 Å². The summed E-state index contributed by atoms with van der Waals surface area (Å²) in [6, 6.07) is 16.4. The lowest BCUT2D eigenvalue weighted by molar-refractivity contribution is 0.0762. The molecule has 0 saturated heterocycles. The van der Waals surface area contributed by atoms with Gasteiger partial charge in [0.25, 0.3) is 0 Å². The van der Waals surface area contributed by atoms with Gasteiger partial charge < -0.3 is 4.74 Å². The molecule has 2 fully saturated rings. The predicted octanol–water partition coefficient (Wildman–Crippen LogP) is 7.73. The van der Waals surface area contributed by atoms with E-state index in [1.54, 1.807) is 19.2 Å². The molecule has 2 saturated carbocycles. The molecule has 32 heavy (non-hydrogen) atoms. The van der Waals surface area contributed by atoms with Crippen LogP contribution in [0.15, 0.2) is 54.6 Å². The Balaban J connectivity index is 1.59. The highest BCUT2D eigenvalue weighted by Gasteiger charge is 2.46. The van der Waals surface area contributed by atoms with Gasteiger partial charge in [-0.3, -0.25) is 4.79 Å². The van der Waals surface area contributed by atoms with Gasteiger partial charge in [0.05, 0.1) is 12.7 Å². The highest BCUT2D eigenvalue weighted by Crippen LogP contribution is 2.56. The third kappa shape index (κ3) is 3.72. The number of fused-ring (bicyclic) bond motifs is 3. The zero-order valence-electron chi connectivity index (χ0n) is 19.2. The Hall–Kier alpha value is -2.68. The molecule has 3 aromatic rings. The number of carbonyl (C=O) groups excluding carboxylic acids is 1. The van der Waals surface area contributed by atoms with Crippen molar-refractivity contribution in [2.45, 2.75) is 51.4 Å². The number of benzene rings is 3. The number of hydrogen-bond acceptors (Lipinski definition) is 2. The van der Waals surface area contributed by atoms with Crippen LogP contribution in [0.4, 0.5) is 4.39 Å². The number of methoxy groups -OCH3 is 1. The molecule has 2 unspecified atom stereocenters. The summed E-state index contributed by atoms with van der Waals surface area (Å²) in [5.74, 6) is 3.29. The van der Waals surface area contributed by atoms with Gasteiger partial charge in [0.15, 0.2) is 0 Å². The van der Waals surface area contributed by atoms with Gasteiger partial charge in [-0.2, -0.15) is 4.39 Å². The maximum Gasteiger partial charge on any atom is 0.332 e. The van der Waals surface area contributed by atoms with Crippen molar-refractivity contribution in [2.75, 3.05) is 7.11 Å². The van der Waals surface area contributed by atoms with Crippen LogP contribution in [0.1, 0.15) is 61.9 Å². The Bertz CT molecular complexity index is 1160. The molecule has 0 radical (unpaired) electrons. The third-order valence-corrected chi connectivity index (χ3v) is 7.80. The third-order valence-electron chi connectivity index (χ3n) is 7.80. The van der Waals surface area contributed by atoms with Gasteiger partial charge in [0.2, 0.25) is 0 Å². The quantitative estimate of drug-likeness (QED) is 0.396. The number of ether oxygens (including phenoxy) is 1. The van der Waals surface area contributed by atoms with Gasteiger partial charge >= 0.3 is 6.04 Å². The zero-order chi connectivity index (χ0) is 22.5. The standard InChI is InChI=1S/C29H31FO2/c1-18-10-20-11-19(2)16-29(15-18,17-20)26-14-24(8-9-27(26)32-3)22-4-5-23-13-25(28(30)31)7-6-21(23)12-22/h4-9,12-14,18-20H,10-11,15-17H2,1-3H3. The number of hydrogen-bond donors (Lipinski definition) is 0. The average molecular weight is 431 g/mol. The van der Waals surface area contributed by atoms with Crippen molar-refractivity contribution >= 4 is 16.8 Å². The molecular formula is C29H31FO2. The Morgan fingerprint density at radius 2 is 1.50 bits per heavy atom. The first-order chi connectivity index (χ1) is 15.4. The molecule has 2 atom stereocenters. The minimum atomic E-state index is -1.39. The highest BCUT2D eigenvalue weighted by atomic mass is 19.1. The monoisotopic (exact) mass is 430 g/mol. The summed E-state index contributed by atoms with van der Waals surface area (Å²) < 4.78 is 19.0. The molecule has 0 aromatic heterocycles. The summed E-state index contributed by atoms with van der Waals surface area (Å²) in [5.41, 5.74) is 3.95. The van der Waals surface area contributed by atoms with Crippen LogP contribution >= 0.6 is 0 Å². The first kappa shape index (κ1) is 21.2. The second kappa shape index (κ2) is 8.03. The van der Waals surface area contributed by atoms with Crippen LogP contribution in [0.5, 0.6) is 5.75 Å². The van der Waals surface area contributed by atoms with E-state index in [1.165, 1.54) is 43.2 Å². The van der Waals surface area contributed by atoms with E-state index in [0.29, 0.717) is 0 Å². The molecular weight excluding hydrogens is 399 g/mol. The van der Waals surface area contributed by atoms with Crippen molar-refractivity contribution < 1.29 is 13.9 Å². The number of halogens is 1. The van der Waals surface area contributed by atoms with Gasteiger partial charge in [0, 0.05) is 5.56 Å². The lowest BCUT2D eigenvalue weighted by atomic mass is 9.54. The molecule has 0 amide bonds. The molecule has 0 aliphatic heterocycles. The van der Waals surface area contributed by atoms with Crippen LogP contribution in [0.2, 0.25) is 0 Å². The molecule has 0 spiro atoms. The second-order valence-corrected chi connectivity index (χ2v) is 10.4. The Morgan fingerprint density at radius 3 is 2.19 bits per heavy atom. The summed E-state index contributed by atoms with van der Waals surface area (Å²) in [4.78, 5) is 11.1. The molecule has 2 aliphatic rings. The van der Waals surface area contributed by atoms with Crippen LogP contribution in [-0.2, 0) is 5.41 Å². The van der Waals surface area contributed by atoms with Gasteiger partial charge in [-0.25, -0.2) is 0 Å². The Kier molecular flexibility index (Phi) is 5.31. The fourth-order valence-electron chi connectivity index (χ4n) is 6.88. The van der Waals surface area contributed by atoms with Gasteiger partial charge in [0.1, 0.15) is 5.75 Å². The minimum absolute atomic E-state index is 0.100. The average Bonchev–Trinajstić information content (AvgIpc) is 2.76. The molecule has 5 rings (SSSR count). The summed E-state index contributed by atoms with van der Waals surface area (Å²) in [5, 5.41) is 1.87. The first-order valence-electron chi connectivity index (χ1n) is 11.8. The van der Waals surface area contributed by atoms with Crippen LogP contribution in [0.25, 0.3) is 21.9 Å². The molecule has 0 heterocycles. The predicted molar refractivity (Wildman–Crippen MR) is 128 cm³/mol. The molecule has 166 valence electrons. The van der Waals surface area contributed by atoms with E-state index in [2.05, 4.69) is 44.2 Å². The van der Waals surface area contributed by atoms with Crippen molar-refractivity contribution in [3.05, 3.63) is 65.7 Å². The molecule has 2 bridgehead atoms. The van der Waals surface area contributed by atoms with E-state index < -0.39 is 6.04 Å². The number of rotatable bonds is 4. The van der Waals surface area contributed by atoms with Crippen molar-refractivity contribution in [2.24, 2.45) is 17.8 Å². The van der Waals surface area contributed by atoms with E-state index in [4.69, 9.17) is 4.74 Å². The maximum absolute atomic E-state index is 13.1. The lowest BCUT2D eigenvalue weighted by Gasteiger charge is -2.50. The SMILES string of the molecule is COc1ccc(-c2ccc3cc(C(=O)F)ccc3c2)cc1C12CC(C)CC(CC(C)C1)C2.